The molecule has 6 heteroatoms. The van der Waals surface area contributed by atoms with Crippen molar-refractivity contribution in [3.05, 3.63) is 25.6 Å². The minimum absolute atomic E-state index is 0.172. The number of esters is 1. The number of ether oxygens (including phenoxy) is 1. The third kappa shape index (κ3) is 3.22. The van der Waals surface area contributed by atoms with Gasteiger partial charge in [-0.05, 0) is 44.0 Å². The molecule has 1 aromatic carbocycles. The summed E-state index contributed by atoms with van der Waals surface area (Å²) >= 11 is 15.2. The van der Waals surface area contributed by atoms with E-state index >= 15 is 0 Å². The van der Waals surface area contributed by atoms with Crippen molar-refractivity contribution >= 4 is 65.4 Å². The van der Waals surface area contributed by atoms with Gasteiger partial charge < -0.3 is 4.74 Å². The lowest BCUT2D eigenvalue weighted by Crippen LogP contribution is -2.09. The summed E-state index contributed by atoms with van der Waals surface area (Å²) < 4.78 is 7.23. The highest BCUT2D eigenvalue weighted by Crippen LogP contribution is 2.36. The zero-order valence-electron chi connectivity index (χ0n) is 6.69. The Morgan fingerprint density at radius 3 is 2.21 bits per heavy atom. The zero-order chi connectivity index (χ0) is 10.7. The highest BCUT2D eigenvalue weighted by Gasteiger charge is 2.11. The van der Waals surface area contributed by atoms with Gasteiger partial charge in [-0.15, -0.1) is 11.6 Å². The maximum atomic E-state index is 11.0. The maximum Gasteiger partial charge on any atom is 0.326 e. The molecule has 0 aliphatic carbocycles. The number of alkyl halides is 1. The molecule has 0 atom stereocenters. The van der Waals surface area contributed by atoms with Crippen LogP contribution in [0.3, 0.4) is 0 Å². The van der Waals surface area contributed by atoms with Crippen LogP contribution in [0, 0.1) is 0 Å². The van der Waals surface area contributed by atoms with Gasteiger partial charge in [-0.2, -0.15) is 0 Å². The maximum absolute atomic E-state index is 11.0. The fraction of sp³-hybridized carbons (Fsp3) is 0.125. The van der Waals surface area contributed by atoms with E-state index in [1.807, 2.05) is 0 Å². The van der Waals surface area contributed by atoms with Gasteiger partial charge in [0.05, 0.1) is 8.95 Å². The fourth-order valence-corrected chi connectivity index (χ4v) is 3.24. The zero-order valence-corrected chi connectivity index (χ0v) is 12.2. The predicted octanol–water partition coefficient (Wildman–Crippen LogP) is 4.12. The lowest BCUT2D eigenvalue weighted by Gasteiger charge is -2.07. The smallest absolute Gasteiger partial charge is 0.326 e. The minimum atomic E-state index is -0.490. The van der Waals surface area contributed by atoms with E-state index < -0.39 is 5.97 Å². The highest BCUT2D eigenvalue weighted by molar-refractivity contribution is 9.11. The Kier molecular flexibility index (Phi) is 4.90. The summed E-state index contributed by atoms with van der Waals surface area (Å²) in [5.41, 5.74) is 0. The predicted molar refractivity (Wildman–Crippen MR) is 65.9 cm³/mol. The lowest BCUT2D eigenvalue weighted by molar-refractivity contribution is -0.131. The molecule has 0 bridgehead atoms. The van der Waals surface area contributed by atoms with Crippen LogP contribution in [0.4, 0.5) is 0 Å². The number of hydrogen-bond donors (Lipinski definition) is 0. The van der Waals surface area contributed by atoms with Crippen molar-refractivity contribution in [1.29, 1.82) is 0 Å². The number of hydrogen-bond acceptors (Lipinski definition) is 2. The Bertz CT molecular complexity index is 345. The van der Waals surface area contributed by atoms with Crippen molar-refractivity contribution in [1.82, 2.24) is 0 Å². The molecule has 0 radical (unpaired) electrons. The second-order valence-electron chi connectivity index (χ2n) is 2.31. The van der Waals surface area contributed by atoms with Gasteiger partial charge in [0.15, 0.2) is 5.75 Å². The molecule has 0 aliphatic rings. The summed E-state index contributed by atoms with van der Waals surface area (Å²) in [6.07, 6.45) is 0. The lowest BCUT2D eigenvalue weighted by atomic mass is 10.3. The number of carbonyl (C=O) groups is 1. The number of carbonyl (C=O) groups excluding carboxylic acids is 1. The molecule has 1 rings (SSSR count). The van der Waals surface area contributed by atoms with Gasteiger partial charge in [0.2, 0.25) is 0 Å². The molecule has 14 heavy (non-hydrogen) atoms. The van der Waals surface area contributed by atoms with Gasteiger partial charge in [-0.25, -0.2) is 0 Å². The first-order valence-corrected chi connectivity index (χ1v) is 6.37. The average Bonchev–Trinajstić information content (AvgIpc) is 2.10. The minimum Gasteiger partial charge on any atom is -0.423 e. The number of rotatable bonds is 2. The van der Waals surface area contributed by atoms with Crippen molar-refractivity contribution in [2.75, 3.05) is 5.88 Å². The summed E-state index contributed by atoms with van der Waals surface area (Å²) in [7, 11) is 0. The van der Waals surface area contributed by atoms with Gasteiger partial charge >= 0.3 is 5.97 Å². The van der Waals surface area contributed by atoms with Crippen LogP contribution in [-0.4, -0.2) is 11.8 Å². The first-order chi connectivity index (χ1) is 6.54. The fourth-order valence-electron chi connectivity index (χ4n) is 0.768. The van der Waals surface area contributed by atoms with Crippen LogP contribution < -0.4 is 4.74 Å². The van der Waals surface area contributed by atoms with Crippen LogP contribution in [0.2, 0.25) is 0 Å². The third-order valence-corrected chi connectivity index (χ3v) is 3.14. The SMILES string of the molecule is O=C(CCl)Oc1c(Br)cc(Br)cc1Br. The van der Waals surface area contributed by atoms with Gasteiger partial charge in [-0.1, -0.05) is 15.9 Å². The van der Waals surface area contributed by atoms with E-state index in [9.17, 15) is 4.79 Å². The van der Waals surface area contributed by atoms with Crippen LogP contribution in [0.1, 0.15) is 0 Å². The van der Waals surface area contributed by atoms with Gasteiger partial charge in [-0.3, -0.25) is 4.79 Å². The van der Waals surface area contributed by atoms with Gasteiger partial charge in [0, 0.05) is 4.47 Å². The molecule has 0 heterocycles. The number of halogens is 4. The van der Waals surface area contributed by atoms with Crippen LogP contribution in [-0.2, 0) is 4.79 Å². The van der Waals surface area contributed by atoms with E-state index in [4.69, 9.17) is 16.3 Å². The van der Waals surface area contributed by atoms with Crippen molar-refractivity contribution in [3.8, 4) is 5.75 Å². The second kappa shape index (κ2) is 5.49. The Morgan fingerprint density at radius 1 is 1.29 bits per heavy atom. The Balaban J connectivity index is 3.02. The molecule has 1 aromatic rings. The quantitative estimate of drug-likeness (QED) is 0.419. The molecule has 2 nitrogen and oxygen atoms in total. The normalized spacial score (nSPS) is 10.0. The summed E-state index contributed by atoms with van der Waals surface area (Å²) in [6, 6.07) is 3.56. The Labute approximate surface area is 111 Å². The first kappa shape index (κ1) is 12.5. The molecule has 0 spiro atoms. The molecular formula is C8H4Br3ClO2. The average molecular weight is 407 g/mol. The van der Waals surface area contributed by atoms with E-state index in [0.717, 1.165) is 4.47 Å². The van der Waals surface area contributed by atoms with Gasteiger partial charge in [0.25, 0.3) is 0 Å². The van der Waals surface area contributed by atoms with Crippen LogP contribution in [0.5, 0.6) is 5.75 Å². The first-order valence-electron chi connectivity index (χ1n) is 3.45. The second-order valence-corrected chi connectivity index (χ2v) is 5.20. The van der Waals surface area contributed by atoms with E-state index in [1.54, 1.807) is 12.1 Å². The van der Waals surface area contributed by atoms with E-state index in [-0.39, 0.29) is 5.88 Å². The summed E-state index contributed by atoms with van der Waals surface area (Å²) in [4.78, 5) is 11.0. The Hall–Kier alpha value is 0.420. The largest absolute Gasteiger partial charge is 0.423 e. The molecule has 0 amide bonds. The van der Waals surface area contributed by atoms with Crippen molar-refractivity contribution in [3.63, 3.8) is 0 Å². The molecule has 0 aliphatic heterocycles. The van der Waals surface area contributed by atoms with E-state index in [0.29, 0.717) is 14.7 Å². The summed E-state index contributed by atoms with van der Waals surface area (Å²) in [5, 5.41) is 0. The van der Waals surface area contributed by atoms with Crippen LogP contribution in [0.25, 0.3) is 0 Å². The standard InChI is InChI=1S/C8H4Br3ClO2/c9-4-1-5(10)8(6(11)2-4)14-7(13)3-12/h1-2H,3H2. The summed E-state index contributed by atoms with van der Waals surface area (Å²) in [6.45, 7) is 0. The van der Waals surface area contributed by atoms with Crippen molar-refractivity contribution in [2.24, 2.45) is 0 Å². The topological polar surface area (TPSA) is 26.3 Å². The highest BCUT2D eigenvalue weighted by atomic mass is 79.9. The molecule has 0 aromatic heterocycles. The Morgan fingerprint density at radius 2 is 1.79 bits per heavy atom. The monoisotopic (exact) mass is 404 g/mol. The van der Waals surface area contributed by atoms with E-state index in [2.05, 4.69) is 47.8 Å². The summed E-state index contributed by atoms with van der Waals surface area (Å²) in [5.74, 6) is -0.233. The molecule has 76 valence electrons. The molecular weight excluding hydrogens is 403 g/mol. The van der Waals surface area contributed by atoms with Crippen LogP contribution >= 0.6 is 59.4 Å². The molecule has 0 unspecified atom stereocenters. The van der Waals surface area contributed by atoms with Crippen molar-refractivity contribution < 1.29 is 9.53 Å². The van der Waals surface area contributed by atoms with Crippen LogP contribution in [0.15, 0.2) is 25.6 Å². The molecule has 0 fully saturated rings. The number of benzene rings is 1. The van der Waals surface area contributed by atoms with E-state index in [1.165, 1.54) is 0 Å². The van der Waals surface area contributed by atoms with Gasteiger partial charge in [0.1, 0.15) is 5.88 Å². The molecule has 0 saturated heterocycles. The molecule has 0 saturated carbocycles. The van der Waals surface area contributed by atoms with Crippen molar-refractivity contribution in [2.45, 2.75) is 0 Å². The third-order valence-electron chi connectivity index (χ3n) is 1.29. The molecule has 0 N–H and O–H groups in total.